The predicted molar refractivity (Wildman–Crippen MR) is 88.9 cm³/mol. The van der Waals surface area contributed by atoms with Crippen LogP contribution >= 0.6 is 15.9 Å². The molecule has 0 spiro atoms. The van der Waals surface area contributed by atoms with Gasteiger partial charge in [-0.25, -0.2) is 0 Å². The zero-order valence-electron chi connectivity index (χ0n) is 13.2. The maximum Gasteiger partial charge on any atom is 0.0848 e. The molecule has 20 heavy (non-hydrogen) atoms. The van der Waals surface area contributed by atoms with Crippen LogP contribution in [-0.2, 0) is 0 Å². The highest BCUT2D eigenvalue weighted by Crippen LogP contribution is 2.52. The fourth-order valence-electron chi connectivity index (χ4n) is 3.91. The first-order valence-corrected chi connectivity index (χ1v) is 8.60. The number of aliphatic hydroxyl groups excluding tert-OH is 1. The second kappa shape index (κ2) is 6.19. The van der Waals surface area contributed by atoms with Crippen molar-refractivity contribution in [1.29, 1.82) is 0 Å². The molecule has 2 rings (SSSR count). The van der Waals surface area contributed by atoms with Gasteiger partial charge in [0.1, 0.15) is 0 Å². The lowest BCUT2D eigenvalue weighted by Gasteiger charge is -2.37. The topological polar surface area (TPSA) is 20.2 Å². The number of rotatable bonds is 4. The van der Waals surface area contributed by atoms with Gasteiger partial charge in [-0.2, -0.15) is 0 Å². The Bertz CT molecular complexity index is 473. The van der Waals surface area contributed by atoms with Crippen molar-refractivity contribution in [3.05, 3.63) is 33.3 Å². The summed E-state index contributed by atoms with van der Waals surface area (Å²) in [7, 11) is 0. The second-order valence-corrected chi connectivity index (χ2v) is 7.88. The van der Waals surface area contributed by atoms with E-state index in [0.717, 1.165) is 16.5 Å². The Morgan fingerprint density at radius 3 is 2.30 bits per heavy atom. The summed E-state index contributed by atoms with van der Waals surface area (Å²) < 4.78 is 1.13. The van der Waals surface area contributed by atoms with Crippen molar-refractivity contribution in [1.82, 2.24) is 0 Å². The maximum absolute atomic E-state index is 11.1. The van der Waals surface area contributed by atoms with Crippen molar-refractivity contribution >= 4 is 15.9 Å². The average molecular weight is 339 g/mol. The molecule has 1 aliphatic rings. The Labute approximate surface area is 131 Å². The SMILES string of the molecule is Cc1cc(C(O)C2(CC(C)C)CCCC2)c(C)cc1Br. The van der Waals surface area contributed by atoms with Crippen LogP contribution in [0.4, 0.5) is 0 Å². The third kappa shape index (κ3) is 3.12. The molecule has 0 bridgehead atoms. The Balaban J connectivity index is 2.37. The van der Waals surface area contributed by atoms with E-state index in [1.165, 1.54) is 36.8 Å². The van der Waals surface area contributed by atoms with E-state index in [-0.39, 0.29) is 11.5 Å². The van der Waals surface area contributed by atoms with E-state index in [2.05, 4.69) is 55.8 Å². The molecule has 1 aliphatic carbocycles. The molecule has 1 unspecified atom stereocenters. The van der Waals surface area contributed by atoms with Gasteiger partial charge in [0, 0.05) is 9.89 Å². The van der Waals surface area contributed by atoms with Gasteiger partial charge in [-0.3, -0.25) is 0 Å². The van der Waals surface area contributed by atoms with E-state index in [1.54, 1.807) is 0 Å². The molecule has 1 aromatic rings. The van der Waals surface area contributed by atoms with Gasteiger partial charge < -0.3 is 5.11 Å². The van der Waals surface area contributed by atoms with Crippen LogP contribution < -0.4 is 0 Å². The third-order valence-electron chi connectivity index (χ3n) is 4.84. The quantitative estimate of drug-likeness (QED) is 0.745. The summed E-state index contributed by atoms with van der Waals surface area (Å²) in [6.45, 7) is 8.75. The fraction of sp³-hybridized carbons (Fsp3) is 0.667. The van der Waals surface area contributed by atoms with Gasteiger partial charge in [-0.1, -0.05) is 48.7 Å². The first kappa shape index (κ1) is 16.0. The molecule has 0 aliphatic heterocycles. The van der Waals surface area contributed by atoms with Gasteiger partial charge in [0.25, 0.3) is 0 Å². The van der Waals surface area contributed by atoms with Crippen LogP contribution in [0.5, 0.6) is 0 Å². The van der Waals surface area contributed by atoms with Gasteiger partial charge in [-0.15, -0.1) is 0 Å². The standard InChI is InChI=1S/C18H27BrO/c1-12(2)11-18(7-5-6-8-18)17(20)15-9-14(4)16(19)10-13(15)3/h9-10,12,17,20H,5-8,11H2,1-4H3. The predicted octanol–water partition coefficient (Wildman–Crippen LogP) is 5.71. The Morgan fingerprint density at radius 2 is 1.75 bits per heavy atom. The lowest BCUT2D eigenvalue weighted by atomic mass is 9.71. The van der Waals surface area contributed by atoms with E-state index in [0.29, 0.717) is 5.92 Å². The smallest absolute Gasteiger partial charge is 0.0848 e. The summed E-state index contributed by atoms with van der Waals surface area (Å²) in [5, 5.41) is 11.1. The first-order chi connectivity index (χ1) is 9.35. The summed E-state index contributed by atoms with van der Waals surface area (Å²) in [6.07, 6.45) is 5.67. The molecule has 0 aromatic heterocycles. The zero-order valence-corrected chi connectivity index (χ0v) is 14.8. The molecule has 1 aromatic carbocycles. The first-order valence-electron chi connectivity index (χ1n) is 7.80. The van der Waals surface area contributed by atoms with Crippen LogP contribution in [0.3, 0.4) is 0 Å². The van der Waals surface area contributed by atoms with Crippen LogP contribution in [-0.4, -0.2) is 5.11 Å². The van der Waals surface area contributed by atoms with Crippen molar-refractivity contribution in [3.63, 3.8) is 0 Å². The van der Waals surface area contributed by atoms with Gasteiger partial charge >= 0.3 is 0 Å². The van der Waals surface area contributed by atoms with E-state index in [9.17, 15) is 5.11 Å². The summed E-state index contributed by atoms with van der Waals surface area (Å²) >= 11 is 3.58. The van der Waals surface area contributed by atoms with Crippen LogP contribution in [0.15, 0.2) is 16.6 Å². The van der Waals surface area contributed by atoms with Gasteiger partial charge in [0.15, 0.2) is 0 Å². The number of aliphatic hydroxyl groups is 1. The van der Waals surface area contributed by atoms with Gasteiger partial charge in [-0.05, 0) is 61.8 Å². The number of halogens is 1. The van der Waals surface area contributed by atoms with Crippen molar-refractivity contribution in [2.75, 3.05) is 0 Å². The van der Waals surface area contributed by atoms with Gasteiger partial charge in [0.05, 0.1) is 6.10 Å². The number of benzene rings is 1. The molecule has 0 radical (unpaired) electrons. The van der Waals surface area contributed by atoms with Crippen LogP contribution in [0.2, 0.25) is 0 Å². The molecule has 112 valence electrons. The molecular weight excluding hydrogens is 312 g/mol. The molecule has 1 fully saturated rings. The molecular formula is C18H27BrO. The van der Waals surface area contributed by atoms with Crippen LogP contribution in [0, 0.1) is 25.2 Å². The zero-order chi connectivity index (χ0) is 14.9. The number of hydrogen-bond donors (Lipinski definition) is 1. The minimum absolute atomic E-state index is 0.0964. The molecule has 1 atom stereocenters. The van der Waals surface area contributed by atoms with E-state index in [4.69, 9.17) is 0 Å². The maximum atomic E-state index is 11.1. The highest BCUT2D eigenvalue weighted by atomic mass is 79.9. The molecule has 0 amide bonds. The molecule has 1 saturated carbocycles. The molecule has 0 heterocycles. The minimum atomic E-state index is -0.320. The fourth-order valence-corrected chi connectivity index (χ4v) is 4.37. The van der Waals surface area contributed by atoms with Crippen LogP contribution in [0.25, 0.3) is 0 Å². The van der Waals surface area contributed by atoms with Gasteiger partial charge in [0.2, 0.25) is 0 Å². The minimum Gasteiger partial charge on any atom is -0.388 e. The highest BCUT2D eigenvalue weighted by molar-refractivity contribution is 9.10. The van der Waals surface area contributed by atoms with Crippen molar-refractivity contribution in [3.8, 4) is 0 Å². The third-order valence-corrected chi connectivity index (χ3v) is 5.69. The summed E-state index contributed by atoms with van der Waals surface area (Å²) in [6, 6.07) is 4.32. The second-order valence-electron chi connectivity index (χ2n) is 7.03. The summed E-state index contributed by atoms with van der Waals surface area (Å²) in [5.74, 6) is 0.639. The Morgan fingerprint density at radius 1 is 1.15 bits per heavy atom. The molecule has 1 N–H and O–H groups in total. The van der Waals surface area contributed by atoms with E-state index in [1.807, 2.05) is 0 Å². The van der Waals surface area contributed by atoms with Crippen molar-refractivity contribution in [2.45, 2.75) is 65.9 Å². The Hall–Kier alpha value is -0.340. The lowest BCUT2D eigenvalue weighted by Crippen LogP contribution is -2.28. The monoisotopic (exact) mass is 338 g/mol. The number of hydrogen-bond acceptors (Lipinski definition) is 1. The summed E-state index contributed by atoms with van der Waals surface area (Å²) in [5.41, 5.74) is 3.64. The normalized spacial score (nSPS) is 19.6. The lowest BCUT2D eigenvalue weighted by molar-refractivity contribution is 0.0107. The van der Waals surface area contributed by atoms with Crippen molar-refractivity contribution < 1.29 is 5.11 Å². The Kier molecular flexibility index (Phi) is 4.96. The summed E-state index contributed by atoms with van der Waals surface area (Å²) in [4.78, 5) is 0. The molecule has 2 heteroatoms. The van der Waals surface area contributed by atoms with Crippen LogP contribution in [0.1, 0.15) is 68.7 Å². The number of aryl methyl sites for hydroxylation is 2. The van der Waals surface area contributed by atoms with E-state index >= 15 is 0 Å². The molecule has 1 nitrogen and oxygen atoms in total. The molecule has 0 saturated heterocycles. The van der Waals surface area contributed by atoms with E-state index < -0.39 is 0 Å². The average Bonchev–Trinajstić information content (AvgIpc) is 2.81. The van der Waals surface area contributed by atoms with Crippen molar-refractivity contribution in [2.24, 2.45) is 11.3 Å². The highest BCUT2D eigenvalue weighted by Gasteiger charge is 2.42. The largest absolute Gasteiger partial charge is 0.388 e.